The highest BCUT2D eigenvalue weighted by molar-refractivity contribution is 9.10. The lowest BCUT2D eigenvalue weighted by Gasteiger charge is -1.96. The average Bonchev–Trinajstić information content (AvgIpc) is 2.89. The Balaban J connectivity index is 1.97. The van der Waals surface area contributed by atoms with E-state index in [1.807, 2.05) is 49.4 Å². The molecule has 1 aromatic carbocycles. The van der Waals surface area contributed by atoms with Gasteiger partial charge in [-0.1, -0.05) is 34.1 Å². The number of pyridine rings is 1. The Morgan fingerprint density at radius 3 is 2.53 bits per heavy atom. The summed E-state index contributed by atoms with van der Waals surface area (Å²) in [7, 11) is 0. The molecule has 0 bridgehead atoms. The summed E-state index contributed by atoms with van der Waals surface area (Å²) in [6, 6.07) is 13.7. The van der Waals surface area contributed by atoms with E-state index in [0.29, 0.717) is 11.6 Å². The third-order valence-electron chi connectivity index (χ3n) is 2.72. The predicted octanol–water partition coefficient (Wildman–Crippen LogP) is 3.60. The van der Waals surface area contributed by atoms with Gasteiger partial charge in [-0.15, -0.1) is 0 Å². The Hall–Kier alpha value is -2.01. The van der Waals surface area contributed by atoms with Gasteiger partial charge in [0.15, 0.2) is 11.6 Å². The molecule has 3 rings (SSSR count). The minimum Gasteiger partial charge on any atom is -0.257 e. The van der Waals surface area contributed by atoms with Gasteiger partial charge >= 0.3 is 0 Å². The number of aromatic amines is 1. The monoisotopic (exact) mass is 314 g/mol. The summed E-state index contributed by atoms with van der Waals surface area (Å²) in [5.74, 6) is 1.35. The van der Waals surface area contributed by atoms with Gasteiger partial charge in [-0.3, -0.25) is 5.10 Å². The van der Waals surface area contributed by atoms with Crippen molar-refractivity contribution in [1.82, 2.24) is 20.2 Å². The van der Waals surface area contributed by atoms with E-state index in [2.05, 4.69) is 36.1 Å². The Labute approximate surface area is 119 Å². The van der Waals surface area contributed by atoms with Gasteiger partial charge in [0.05, 0.1) is 0 Å². The molecule has 3 aromatic rings. The number of H-pyrrole nitrogens is 1. The van der Waals surface area contributed by atoms with Crippen molar-refractivity contribution < 1.29 is 0 Å². The van der Waals surface area contributed by atoms with Gasteiger partial charge in [0.25, 0.3) is 0 Å². The summed E-state index contributed by atoms with van der Waals surface area (Å²) in [6.45, 7) is 1.95. The van der Waals surface area contributed by atoms with Gasteiger partial charge in [0.1, 0.15) is 5.69 Å². The number of rotatable bonds is 2. The first kappa shape index (κ1) is 12.0. The first-order valence-electron chi connectivity index (χ1n) is 5.85. The van der Waals surface area contributed by atoms with Crippen LogP contribution in [0.15, 0.2) is 46.9 Å². The van der Waals surface area contributed by atoms with Crippen LogP contribution >= 0.6 is 15.9 Å². The number of hydrogen-bond acceptors (Lipinski definition) is 3. The van der Waals surface area contributed by atoms with Crippen LogP contribution in [0.25, 0.3) is 22.9 Å². The molecule has 0 aliphatic carbocycles. The molecular formula is C14H11BrN4. The molecule has 1 N–H and O–H groups in total. The van der Waals surface area contributed by atoms with E-state index in [4.69, 9.17) is 0 Å². The molecule has 0 aliphatic heterocycles. The second-order valence-electron chi connectivity index (χ2n) is 4.18. The van der Waals surface area contributed by atoms with E-state index in [1.54, 1.807) is 0 Å². The molecule has 0 saturated carbocycles. The van der Waals surface area contributed by atoms with Crippen LogP contribution in [0.4, 0.5) is 0 Å². The predicted molar refractivity (Wildman–Crippen MR) is 77.5 cm³/mol. The van der Waals surface area contributed by atoms with Crippen LogP contribution < -0.4 is 0 Å². The van der Waals surface area contributed by atoms with Gasteiger partial charge in [0.2, 0.25) is 0 Å². The normalized spacial score (nSPS) is 10.6. The van der Waals surface area contributed by atoms with Gasteiger partial charge in [-0.25, -0.2) is 9.97 Å². The molecule has 5 heteroatoms. The first-order chi connectivity index (χ1) is 9.22. The van der Waals surface area contributed by atoms with E-state index >= 15 is 0 Å². The largest absolute Gasteiger partial charge is 0.257 e. The van der Waals surface area contributed by atoms with Gasteiger partial charge in [0, 0.05) is 15.7 Å². The summed E-state index contributed by atoms with van der Waals surface area (Å²) in [6.07, 6.45) is 0. The fourth-order valence-electron chi connectivity index (χ4n) is 1.78. The number of aryl methyl sites for hydroxylation is 1. The maximum absolute atomic E-state index is 4.48. The van der Waals surface area contributed by atoms with E-state index in [-0.39, 0.29) is 0 Å². The van der Waals surface area contributed by atoms with Crippen molar-refractivity contribution in [2.24, 2.45) is 0 Å². The zero-order chi connectivity index (χ0) is 13.2. The number of nitrogens with one attached hydrogen (secondary N) is 1. The number of hydrogen-bond donors (Lipinski definition) is 1. The third kappa shape index (κ3) is 2.56. The lowest BCUT2D eigenvalue weighted by atomic mass is 10.2. The van der Waals surface area contributed by atoms with Crippen LogP contribution in [0.1, 0.15) is 5.69 Å². The molecule has 0 aliphatic rings. The highest BCUT2D eigenvalue weighted by Crippen LogP contribution is 2.20. The minimum absolute atomic E-state index is 0.672. The topological polar surface area (TPSA) is 54.5 Å². The maximum Gasteiger partial charge on any atom is 0.181 e. The third-order valence-corrected chi connectivity index (χ3v) is 3.25. The summed E-state index contributed by atoms with van der Waals surface area (Å²) >= 11 is 3.41. The summed E-state index contributed by atoms with van der Waals surface area (Å²) in [5.41, 5.74) is 2.73. The van der Waals surface area contributed by atoms with Crippen LogP contribution in [-0.2, 0) is 0 Å². The highest BCUT2D eigenvalue weighted by Gasteiger charge is 2.08. The molecule has 0 radical (unpaired) electrons. The molecule has 2 heterocycles. The van der Waals surface area contributed by atoms with Crippen LogP contribution in [0, 0.1) is 6.92 Å². The molecule has 94 valence electrons. The zero-order valence-corrected chi connectivity index (χ0v) is 11.8. The van der Waals surface area contributed by atoms with E-state index < -0.39 is 0 Å². The molecule has 2 aromatic heterocycles. The molecule has 4 nitrogen and oxygen atoms in total. The van der Waals surface area contributed by atoms with Crippen molar-refractivity contribution in [3.63, 3.8) is 0 Å². The Morgan fingerprint density at radius 1 is 1.00 bits per heavy atom. The Bertz CT molecular complexity index is 703. The average molecular weight is 315 g/mol. The standard InChI is InChI=1S/C14H11BrN4/c1-9-3-2-4-12(16-9)14-17-13(18-19-14)10-5-7-11(15)8-6-10/h2-8H,1H3,(H,17,18,19). The van der Waals surface area contributed by atoms with E-state index in [0.717, 1.165) is 21.4 Å². The van der Waals surface area contributed by atoms with E-state index in [9.17, 15) is 0 Å². The van der Waals surface area contributed by atoms with Crippen molar-refractivity contribution in [2.45, 2.75) is 6.92 Å². The van der Waals surface area contributed by atoms with Gasteiger partial charge in [-0.05, 0) is 31.2 Å². The first-order valence-corrected chi connectivity index (χ1v) is 6.64. The zero-order valence-electron chi connectivity index (χ0n) is 10.3. The molecule has 0 fully saturated rings. The summed E-state index contributed by atoms with van der Waals surface area (Å²) < 4.78 is 1.03. The van der Waals surface area contributed by atoms with E-state index in [1.165, 1.54) is 0 Å². The fraction of sp³-hybridized carbons (Fsp3) is 0.0714. The van der Waals surface area contributed by atoms with Crippen LogP contribution in [0.5, 0.6) is 0 Å². The Morgan fingerprint density at radius 2 is 1.79 bits per heavy atom. The van der Waals surface area contributed by atoms with Crippen LogP contribution in [0.2, 0.25) is 0 Å². The van der Waals surface area contributed by atoms with Crippen molar-refractivity contribution in [1.29, 1.82) is 0 Å². The number of halogens is 1. The van der Waals surface area contributed by atoms with Crippen molar-refractivity contribution in [3.8, 4) is 22.9 Å². The van der Waals surface area contributed by atoms with Gasteiger partial charge in [-0.2, -0.15) is 5.10 Å². The fourth-order valence-corrected chi connectivity index (χ4v) is 2.04. The molecule has 19 heavy (non-hydrogen) atoms. The van der Waals surface area contributed by atoms with Crippen molar-refractivity contribution >= 4 is 15.9 Å². The maximum atomic E-state index is 4.48. The number of aromatic nitrogens is 4. The second-order valence-corrected chi connectivity index (χ2v) is 5.09. The van der Waals surface area contributed by atoms with Crippen LogP contribution in [-0.4, -0.2) is 20.2 Å². The highest BCUT2D eigenvalue weighted by atomic mass is 79.9. The Kier molecular flexibility index (Phi) is 3.13. The summed E-state index contributed by atoms with van der Waals surface area (Å²) in [5, 5.41) is 7.16. The molecule has 0 amide bonds. The molecule has 0 unspecified atom stereocenters. The number of benzene rings is 1. The lowest BCUT2D eigenvalue weighted by molar-refractivity contribution is 1.08. The molecular weight excluding hydrogens is 304 g/mol. The molecule has 0 atom stereocenters. The smallest absolute Gasteiger partial charge is 0.181 e. The summed E-state index contributed by atoms with van der Waals surface area (Å²) in [4.78, 5) is 8.90. The van der Waals surface area contributed by atoms with Crippen molar-refractivity contribution in [3.05, 3.63) is 52.6 Å². The van der Waals surface area contributed by atoms with Crippen molar-refractivity contribution in [2.75, 3.05) is 0 Å². The quantitative estimate of drug-likeness (QED) is 0.786. The van der Waals surface area contributed by atoms with Gasteiger partial charge < -0.3 is 0 Å². The molecule has 0 saturated heterocycles. The SMILES string of the molecule is Cc1cccc(-c2nc(-c3ccc(Br)cc3)n[nH]2)n1. The minimum atomic E-state index is 0.672. The second kappa shape index (κ2) is 4.93. The van der Waals surface area contributed by atoms with Crippen LogP contribution in [0.3, 0.4) is 0 Å². The lowest BCUT2D eigenvalue weighted by Crippen LogP contribution is -1.87. The number of nitrogens with zero attached hydrogens (tertiary/aromatic N) is 3. The molecule has 0 spiro atoms.